The molecule has 0 saturated heterocycles. The second-order valence-corrected chi connectivity index (χ2v) is 3.83. The molecule has 0 aliphatic carbocycles. The summed E-state index contributed by atoms with van der Waals surface area (Å²) >= 11 is 6.03. The normalized spacial score (nSPS) is 12.1. The minimum absolute atomic E-state index is 0. The van der Waals surface area contributed by atoms with Gasteiger partial charge in [-0.15, -0.1) is 0 Å². The van der Waals surface area contributed by atoms with Crippen LogP contribution in [0.15, 0.2) is 24.3 Å². The summed E-state index contributed by atoms with van der Waals surface area (Å²) < 4.78 is 1.88. The molecule has 0 amide bonds. The molecule has 0 saturated carbocycles. The van der Waals surface area contributed by atoms with E-state index in [1.807, 2.05) is 35.8 Å². The van der Waals surface area contributed by atoms with Gasteiger partial charge in [-0.25, -0.2) is 4.98 Å². The van der Waals surface area contributed by atoms with Gasteiger partial charge in [0.25, 0.3) is 0 Å². The van der Waals surface area contributed by atoms with Crippen molar-refractivity contribution in [3.8, 4) is 0 Å². The first-order valence-corrected chi connectivity index (χ1v) is 5.18. The van der Waals surface area contributed by atoms with Crippen LogP contribution in [0.1, 0.15) is 19.4 Å². The summed E-state index contributed by atoms with van der Waals surface area (Å²) in [4.78, 5) is 14.7. The molecule has 0 N–H and O–H groups in total. The summed E-state index contributed by atoms with van der Waals surface area (Å²) in [7, 11) is 0. The van der Waals surface area contributed by atoms with Crippen molar-refractivity contribution in [3.63, 3.8) is 0 Å². The summed E-state index contributed by atoms with van der Waals surface area (Å²) in [5, 5.41) is 0.436. The van der Waals surface area contributed by atoms with E-state index in [0.29, 0.717) is 11.7 Å². The van der Waals surface area contributed by atoms with Crippen molar-refractivity contribution in [3.05, 3.63) is 29.5 Å². The van der Waals surface area contributed by atoms with Crippen LogP contribution in [0.4, 0.5) is 0 Å². The van der Waals surface area contributed by atoms with Gasteiger partial charge in [0, 0.05) is 12.5 Å². The monoisotopic (exact) mass is 230 g/mol. The number of fused-ring (bicyclic) bond motifs is 1. The minimum atomic E-state index is 0. The van der Waals surface area contributed by atoms with E-state index in [9.17, 15) is 4.79 Å². The molecule has 2 rings (SSSR count). The zero-order chi connectivity index (χ0) is 10.8. The first kappa shape index (κ1) is 13.3. The predicted molar refractivity (Wildman–Crippen MR) is 67.3 cm³/mol. The third-order valence-electron chi connectivity index (χ3n) is 2.43. The van der Waals surface area contributed by atoms with Gasteiger partial charge < -0.3 is 9.36 Å². The van der Waals surface area contributed by atoms with Crippen LogP contribution in [0.3, 0.4) is 0 Å². The molecule has 0 fully saturated rings. The molecule has 0 aliphatic heterocycles. The average Bonchev–Trinajstić information content (AvgIpc) is 2.54. The zero-order valence-electron chi connectivity index (χ0n) is 8.35. The molecule has 3 nitrogen and oxygen atoms in total. The van der Waals surface area contributed by atoms with Crippen molar-refractivity contribution in [2.24, 2.45) is 0 Å². The molecule has 0 bridgehead atoms. The predicted octanol–water partition coefficient (Wildman–Crippen LogP) is 2.19. The third-order valence-corrected chi connectivity index (χ3v) is 2.70. The number of nitrogens with zero attached hydrogens (tertiary/aromatic N) is 2. The molecule has 1 heterocycles. The number of carbonyl (C=O) groups excluding carboxylic acids is 1. The van der Waals surface area contributed by atoms with Gasteiger partial charge in [0.2, 0.25) is 5.28 Å². The molecule has 0 radical (unpaired) electrons. The standard InChI is InChI=1S/C11H11ClN2O.Li.H/c1-8(6-7-15)14-10-5-3-2-4-9(10)13-11(14)12;;/h2-5,7-8H,6H2,1H3;;. The SMILES string of the molecule is CC(CC=O)n1c(Cl)nc2ccccc21.[LiH]. The summed E-state index contributed by atoms with van der Waals surface area (Å²) in [6, 6.07) is 7.76. The number of halogens is 1. The Hall–Kier alpha value is -0.753. The molecule has 16 heavy (non-hydrogen) atoms. The topological polar surface area (TPSA) is 34.9 Å². The number of aromatic nitrogens is 2. The first-order chi connectivity index (χ1) is 7.24. The molecule has 1 aromatic carbocycles. The summed E-state index contributed by atoms with van der Waals surface area (Å²) in [5.74, 6) is 0. The molecular weight excluding hydrogens is 219 g/mol. The van der Waals surface area contributed by atoms with E-state index in [2.05, 4.69) is 4.98 Å². The van der Waals surface area contributed by atoms with E-state index in [-0.39, 0.29) is 24.9 Å². The Balaban J connectivity index is 0.00000128. The van der Waals surface area contributed by atoms with Crippen LogP contribution in [-0.4, -0.2) is 34.7 Å². The fourth-order valence-corrected chi connectivity index (χ4v) is 2.03. The van der Waals surface area contributed by atoms with E-state index in [1.54, 1.807) is 0 Å². The van der Waals surface area contributed by atoms with Crippen molar-refractivity contribution < 1.29 is 4.79 Å². The molecule has 0 aliphatic rings. The van der Waals surface area contributed by atoms with Crippen molar-refractivity contribution in [2.45, 2.75) is 19.4 Å². The van der Waals surface area contributed by atoms with Gasteiger partial charge in [0.15, 0.2) is 0 Å². The Morgan fingerprint density at radius 1 is 1.50 bits per heavy atom. The van der Waals surface area contributed by atoms with Crippen LogP contribution in [0, 0.1) is 0 Å². The quantitative estimate of drug-likeness (QED) is 0.599. The van der Waals surface area contributed by atoms with Crippen LogP contribution < -0.4 is 0 Å². The van der Waals surface area contributed by atoms with Gasteiger partial charge >= 0.3 is 18.9 Å². The second kappa shape index (κ2) is 5.54. The van der Waals surface area contributed by atoms with Crippen molar-refractivity contribution in [1.82, 2.24) is 9.55 Å². The van der Waals surface area contributed by atoms with Gasteiger partial charge in [0.1, 0.15) is 6.29 Å². The Morgan fingerprint density at radius 2 is 2.19 bits per heavy atom. The summed E-state index contributed by atoms with van der Waals surface area (Å²) in [6.07, 6.45) is 1.34. The zero-order valence-corrected chi connectivity index (χ0v) is 9.11. The van der Waals surface area contributed by atoms with Crippen LogP contribution in [0.2, 0.25) is 5.28 Å². The number of carbonyl (C=O) groups is 1. The molecule has 80 valence electrons. The van der Waals surface area contributed by atoms with Gasteiger partial charge in [0.05, 0.1) is 11.0 Å². The Bertz CT molecular complexity index is 498. The Labute approximate surface area is 111 Å². The maximum absolute atomic E-state index is 10.5. The fourth-order valence-electron chi connectivity index (χ4n) is 1.68. The molecule has 0 spiro atoms. The number of aldehydes is 1. The first-order valence-electron chi connectivity index (χ1n) is 4.80. The third kappa shape index (κ3) is 2.32. The molecule has 2 aromatic rings. The molecular formula is C11H12ClLiN2O. The van der Waals surface area contributed by atoms with Gasteiger partial charge in [-0.3, -0.25) is 0 Å². The molecule has 1 unspecified atom stereocenters. The Morgan fingerprint density at radius 3 is 2.88 bits per heavy atom. The van der Waals surface area contributed by atoms with Crippen molar-refractivity contribution >= 4 is 47.8 Å². The average molecular weight is 231 g/mol. The molecule has 1 aromatic heterocycles. The molecule has 1 atom stereocenters. The van der Waals surface area contributed by atoms with Gasteiger partial charge in [-0.05, 0) is 30.7 Å². The summed E-state index contributed by atoms with van der Waals surface area (Å²) in [6.45, 7) is 1.95. The van der Waals surface area contributed by atoms with Crippen LogP contribution >= 0.6 is 11.6 Å². The number of imidazole rings is 1. The van der Waals surface area contributed by atoms with Gasteiger partial charge in [-0.2, -0.15) is 0 Å². The second-order valence-electron chi connectivity index (χ2n) is 3.49. The Kier molecular flexibility index (Phi) is 4.61. The van der Waals surface area contributed by atoms with Crippen molar-refractivity contribution in [1.29, 1.82) is 0 Å². The van der Waals surface area contributed by atoms with Crippen LogP contribution in [0.5, 0.6) is 0 Å². The van der Waals surface area contributed by atoms with E-state index in [1.165, 1.54) is 0 Å². The van der Waals surface area contributed by atoms with E-state index in [4.69, 9.17) is 11.6 Å². The van der Waals surface area contributed by atoms with Crippen molar-refractivity contribution in [2.75, 3.05) is 0 Å². The number of hydrogen-bond acceptors (Lipinski definition) is 2. The van der Waals surface area contributed by atoms with Crippen LogP contribution in [0.25, 0.3) is 11.0 Å². The fraction of sp³-hybridized carbons (Fsp3) is 0.273. The van der Waals surface area contributed by atoms with Crippen LogP contribution in [-0.2, 0) is 4.79 Å². The van der Waals surface area contributed by atoms with Gasteiger partial charge in [-0.1, -0.05) is 12.1 Å². The maximum atomic E-state index is 10.5. The van der Waals surface area contributed by atoms with E-state index >= 15 is 0 Å². The number of rotatable bonds is 3. The number of para-hydroxylation sites is 2. The van der Waals surface area contributed by atoms with E-state index in [0.717, 1.165) is 17.3 Å². The van der Waals surface area contributed by atoms with E-state index < -0.39 is 0 Å². The molecule has 5 heteroatoms. The number of benzene rings is 1. The summed E-state index contributed by atoms with van der Waals surface area (Å²) in [5.41, 5.74) is 1.83. The number of hydrogen-bond donors (Lipinski definition) is 0.